The van der Waals surface area contributed by atoms with Crippen molar-refractivity contribution in [1.29, 1.82) is 0 Å². The molecule has 0 bridgehead atoms. The van der Waals surface area contributed by atoms with E-state index in [0.717, 1.165) is 11.1 Å². The van der Waals surface area contributed by atoms with Gasteiger partial charge in [0.15, 0.2) is 6.10 Å². The summed E-state index contributed by atoms with van der Waals surface area (Å²) in [4.78, 5) is 68.1. The van der Waals surface area contributed by atoms with E-state index in [4.69, 9.17) is 9.47 Å². The predicted molar refractivity (Wildman–Crippen MR) is 197 cm³/mol. The predicted octanol–water partition coefficient (Wildman–Crippen LogP) is 1.88. The highest BCUT2D eigenvalue weighted by molar-refractivity contribution is 6.03. The molecule has 5 heterocycles. The molecule has 0 aliphatic carbocycles. The van der Waals surface area contributed by atoms with Gasteiger partial charge in [-0.25, -0.2) is 4.79 Å². The Balaban J connectivity index is 1.51. The zero-order chi connectivity index (χ0) is 40.5. The molecule has 2 aromatic rings. The molecule has 5 rings (SSSR count). The molecule has 2 amide bonds. The first-order valence-electron chi connectivity index (χ1n) is 17.4. The monoisotopic (exact) mass is 760 g/mol. The van der Waals surface area contributed by atoms with Crippen LogP contribution in [0.15, 0.2) is 59.0 Å². The van der Waals surface area contributed by atoms with Gasteiger partial charge in [-0.05, 0) is 80.5 Å². The molecular formula is C39H44N4O12. The fourth-order valence-electron chi connectivity index (χ4n) is 6.94. The molecule has 0 saturated carbocycles. The van der Waals surface area contributed by atoms with Crippen molar-refractivity contribution in [1.82, 2.24) is 20.6 Å². The number of nitrogens with one attached hydrogen (secondary N) is 4. The van der Waals surface area contributed by atoms with Crippen molar-refractivity contribution < 1.29 is 59.0 Å². The minimum Gasteiger partial charge on any atom is -0.481 e. The highest BCUT2D eigenvalue weighted by Crippen LogP contribution is 2.32. The number of hydrogen-bond donors (Lipinski definition) is 9. The Hall–Kier alpha value is -5.81. The number of aliphatic hydroxyl groups is 3. The largest absolute Gasteiger partial charge is 0.481 e. The van der Waals surface area contributed by atoms with Crippen LogP contribution in [0.2, 0.25) is 0 Å². The summed E-state index contributed by atoms with van der Waals surface area (Å²) in [6, 6.07) is 0. The van der Waals surface area contributed by atoms with E-state index in [-0.39, 0.29) is 43.9 Å². The first kappa shape index (κ1) is 40.4. The average molecular weight is 761 g/mol. The van der Waals surface area contributed by atoms with Gasteiger partial charge in [-0.3, -0.25) is 19.2 Å². The molecule has 5 unspecified atom stereocenters. The first-order chi connectivity index (χ1) is 26.0. The number of hydrogen-bond acceptors (Lipinski definition) is 10. The van der Waals surface area contributed by atoms with Gasteiger partial charge in [-0.1, -0.05) is 25.3 Å². The number of aromatic amines is 2. The summed E-state index contributed by atoms with van der Waals surface area (Å²) in [5, 5.41) is 55.1. The van der Waals surface area contributed by atoms with Crippen LogP contribution in [0.5, 0.6) is 0 Å². The number of ether oxygens (including phenoxy) is 2. The Morgan fingerprint density at radius 3 is 1.82 bits per heavy atom. The quantitative estimate of drug-likeness (QED) is 0.125. The number of carboxylic acids is 2. The Morgan fingerprint density at radius 1 is 0.745 bits per heavy atom. The molecule has 5 atom stereocenters. The molecule has 9 N–H and O–H groups in total. The normalized spacial score (nSPS) is 24.1. The maximum atomic E-state index is 13.1. The maximum absolute atomic E-state index is 13.1. The molecular weight excluding hydrogens is 716 g/mol. The number of amides is 2. The molecule has 0 aromatic carbocycles. The van der Waals surface area contributed by atoms with Gasteiger partial charge in [0.25, 0.3) is 11.8 Å². The van der Waals surface area contributed by atoms with Gasteiger partial charge in [0, 0.05) is 64.5 Å². The zero-order valence-corrected chi connectivity index (χ0v) is 30.7. The molecule has 55 heavy (non-hydrogen) atoms. The fourth-order valence-corrected chi connectivity index (χ4v) is 6.94. The van der Waals surface area contributed by atoms with Gasteiger partial charge in [0.05, 0.1) is 5.70 Å². The molecule has 3 aliphatic heterocycles. The molecule has 292 valence electrons. The number of aromatic nitrogens is 2. The number of aliphatic hydroxyl groups excluding tert-OH is 3. The molecule has 1 fully saturated rings. The molecule has 2 aromatic heterocycles. The van der Waals surface area contributed by atoms with Crippen LogP contribution in [0.3, 0.4) is 0 Å². The smallest absolute Gasteiger partial charge is 0.335 e. The third-order valence-corrected chi connectivity index (χ3v) is 10.2. The molecule has 0 spiro atoms. The molecule has 3 aliphatic rings. The number of H-pyrrole nitrogens is 2. The highest BCUT2D eigenvalue weighted by Gasteiger charge is 2.48. The lowest BCUT2D eigenvalue weighted by atomic mass is 9.98. The number of esters is 1. The number of rotatable bonds is 14. The third kappa shape index (κ3) is 8.17. The molecule has 16 nitrogen and oxygen atoms in total. The SMILES string of the molecule is C=CC1=C(C)C(=Cc2[nH]c(Cc3[nH]c(C=C4NC(=O)C(C)=C4C=C)c(C)c3CCC(=O)OC3OC(C(=O)O)C(O)C(O)C3O)c(CCC(=O)O)c2C)NC1=O. The van der Waals surface area contributed by atoms with Crippen molar-refractivity contribution in [3.63, 3.8) is 0 Å². The van der Waals surface area contributed by atoms with Gasteiger partial charge in [0.1, 0.15) is 18.3 Å². The van der Waals surface area contributed by atoms with E-state index in [1.807, 2.05) is 13.8 Å². The zero-order valence-electron chi connectivity index (χ0n) is 30.7. The summed E-state index contributed by atoms with van der Waals surface area (Å²) in [6.45, 7) is 14.7. The summed E-state index contributed by atoms with van der Waals surface area (Å²) in [7, 11) is 0. The minimum absolute atomic E-state index is 0.0625. The Kier molecular flexibility index (Phi) is 12.0. The number of allylic oxidation sites excluding steroid dienone is 2. The van der Waals surface area contributed by atoms with E-state index in [2.05, 4.69) is 33.8 Å². The van der Waals surface area contributed by atoms with E-state index in [9.17, 15) is 49.5 Å². The first-order valence-corrected chi connectivity index (χ1v) is 17.4. The van der Waals surface area contributed by atoms with Crippen LogP contribution in [0.1, 0.15) is 71.7 Å². The summed E-state index contributed by atoms with van der Waals surface area (Å²) in [5.41, 5.74) is 8.76. The topological polar surface area (TPSA) is 261 Å². The van der Waals surface area contributed by atoms with Gasteiger partial charge >= 0.3 is 17.9 Å². The van der Waals surface area contributed by atoms with Crippen molar-refractivity contribution in [2.45, 2.75) is 90.5 Å². The van der Waals surface area contributed by atoms with Crippen molar-refractivity contribution >= 4 is 41.9 Å². The highest BCUT2D eigenvalue weighted by atomic mass is 16.7. The van der Waals surface area contributed by atoms with Gasteiger partial charge < -0.3 is 55.6 Å². The average Bonchev–Trinajstić information content (AvgIpc) is 3.78. The molecule has 16 heteroatoms. The van der Waals surface area contributed by atoms with Crippen LogP contribution in [0.4, 0.5) is 0 Å². The lowest BCUT2D eigenvalue weighted by Crippen LogP contribution is -2.60. The van der Waals surface area contributed by atoms with Crippen LogP contribution >= 0.6 is 0 Å². The second-order valence-corrected chi connectivity index (χ2v) is 13.5. The number of carboxylic acid groups (broad SMARTS) is 2. The van der Waals surface area contributed by atoms with Crippen LogP contribution in [0, 0.1) is 13.8 Å². The van der Waals surface area contributed by atoms with E-state index in [0.29, 0.717) is 67.6 Å². The van der Waals surface area contributed by atoms with Crippen LogP contribution in [0.25, 0.3) is 12.2 Å². The van der Waals surface area contributed by atoms with Crippen molar-refractivity contribution in [2.75, 3.05) is 0 Å². The van der Waals surface area contributed by atoms with E-state index in [1.165, 1.54) is 6.08 Å². The van der Waals surface area contributed by atoms with E-state index < -0.39 is 48.6 Å². The van der Waals surface area contributed by atoms with E-state index >= 15 is 0 Å². The Morgan fingerprint density at radius 2 is 1.29 bits per heavy atom. The number of aliphatic carboxylic acids is 2. The van der Waals surface area contributed by atoms with Gasteiger partial charge in [0.2, 0.25) is 6.29 Å². The van der Waals surface area contributed by atoms with Gasteiger partial charge in [-0.15, -0.1) is 0 Å². The number of carbonyl (C=O) groups excluding carboxylic acids is 3. The van der Waals surface area contributed by atoms with Crippen molar-refractivity contribution in [3.05, 3.63) is 104 Å². The van der Waals surface area contributed by atoms with Crippen LogP contribution in [-0.4, -0.2) is 95.9 Å². The Labute approximate surface area is 315 Å². The summed E-state index contributed by atoms with van der Waals surface area (Å²) >= 11 is 0. The minimum atomic E-state index is -1.96. The molecule has 0 radical (unpaired) electrons. The van der Waals surface area contributed by atoms with Crippen molar-refractivity contribution in [3.8, 4) is 0 Å². The summed E-state index contributed by atoms with van der Waals surface area (Å²) in [6.07, 6.45) is -3.07. The summed E-state index contributed by atoms with van der Waals surface area (Å²) in [5.74, 6) is -4.08. The van der Waals surface area contributed by atoms with Crippen LogP contribution in [-0.2, 0) is 52.7 Å². The van der Waals surface area contributed by atoms with Crippen LogP contribution < -0.4 is 10.6 Å². The second kappa shape index (κ2) is 16.3. The molecule has 1 saturated heterocycles. The Bertz CT molecular complexity index is 2110. The van der Waals surface area contributed by atoms with E-state index in [1.54, 1.807) is 32.1 Å². The third-order valence-electron chi connectivity index (χ3n) is 10.2. The second-order valence-electron chi connectivity index (χ2n) is 13.5. The lowest BCUT2D eigenvalue weighted by molar-refractivity contribution is -0.286. The maximum Gasteiger partial charge on any atom is 0.335 e. The summed E-state index contributed by atoms with van der Waals surface area (Å²) < 4.78 is 10.3. The fraction of sp³-hybridized carbons (Fsp3) is 0.359. The standard InChI is InChI=1S/C39H44N4O12/c1-7-20-19(6)36(50)43-27(20)14-25-18(5)23(10-12-31(46)54-39-34(49)32(47)33(48)35(55-39)38(52)53)29(41-25)15-28-22(9-11-30(44)45)17(4)24(40-28)13-26-16(3)21(8-2)37(51)42-26/h7-8,13-14,32-35,39-41,47-49H,1-2,9-12,15H2,3-6H3,(H,42,51)(H,43,50)(H,44,45)(H,52,53). The lowest BCUT2D eigenvalue weighted by Gasteiger charge is -2.37. The number of carbonyl (C=O) groups is 5. The van der Waals surface area contributed by atoms with Crippen molar-refractivity contribution in [2.24, 2.45) is 0 Å². The van der Waals surface area contributed by atoms with Gasteiger partial charge in [-0.2, -0.15) is 0 Å².